The van der Waals surface area contributed by atoms with E-state index in [1.54, 1.807) is 13.2 Å². The average Bonchev–Trinajstić information content (AvgIpc) is 3.39. The van der Waals surface area contributed by atoms with Gasteiger partial charge in [-0.2, -0.15) is 0 Å². The van der Waals surface area contributed by atoms with Gasteiger partial charge >= 0.3 is 0 Å². The van der Waals surface area contributed by atoms with Crippen LogP contribution >= 0.6 is 0 Å². The number of rotatable bonds is 5. The van der Waals surface area contributed by atoms with Crippen LogP contribution in [0.1, 0.15) is 22.9 Å². The van der Waals surface area contributed by atoms with Crippen LogP contribution in [0.5, 0.6) is 0 Å². The Morgan fingerprint density at radius 2 is 1.90 bits per heavy atom. The van der Waals surface area contributed by atoms with Gasteiger partial charge in [0.05, 0.1) is 18.4 Å². The van der Waals surface area contributed by atoms with E-state index in [1.165, 1.54) is 5.56 Å². The lowest BCUT2D eigenvalue weighted by atomic mass is 10.1. The zero-order chi connectivity index (χ0) is 20.9. The molecule has 0 unspecified atom stereocenters. The van der Waals surface area contributed by atoms with Crippen LogP contribution in [0.25, 0.3) is 11.3 Å². The summed E-state index contributed by atoms with van der Waals surface area (Å²) in [4.78, 5) is 13.5. The summed E-state index contributed by atoms with van der Waals surface area (Å²) < 4.78 is 11.1. The lowest BCUT2D eigenvalue weighted by Gasteiger charge is -2.36. The van der Waals surface area contributed by atoms with Crippen molar-refractivity contribution >= 4 is 5.96 Å². The SMILES string of the molecule is CN=C(NCc1ncc(-c2ccc(C)cc2)o1)N1CCN(Cc2cc(C)on2)CC1. The molecule has 158 valence electrons. The zero-order valence-electron chi connectivity index (χ0n) is 17.8. The van der Waals surface area contributed by atoms with E-state index in [0.29, 0.717) is 12.4 Å². The number of aryl methyl sites for hydroxylation is 2. The van der Waals surface area contributed by atoms with E-state index >= 15 is 0 Å². The van der Waals surface area contributed by atoms with E-state index in [0.717, 1.165) is 61.5 Å². The van der Waals surface area contributed by atoms with Gasteiger partial charge in [0.25, 0.3) is 0 Å². The van der Waals surface area contributed by atoms with Crippen molar-refractivity contribution in [2.24, 2.45) is 4.99 Å². The maximum absolute atomic E-state index is 5.91. The largest absolute Gasteiger partial charge is 0.439 e. The second-order valence-corrected chi connectivity index (χ2v) is 7.58. The van der Waals surface area contributed by atoms with Crippen molar-refractivity contribution in [3.8, 4) is 11.3 Å². The van der Waals surface area contributed by atoms with Crippen LogP contribution in [-0.2, 0) is 13.1 Å². The molecular weight excluding hydrogens is 380 g/mol. The van der Waals surface area contributed by atoms with E-state index in [-0.39, 0.29) is 0 Å². The van der Waals surface area contributed by atoms with Crippen LogP contribution in [0, 0.1) is 13.8 Å². The molecule has 0 amide bonds. The Morgan fingerprint density at radius 1 is 1.13 bits per heavy atom. The molecule has 1 saturated heterocycles. The van der Waals surface area contributed by atoms with Gasteiger partial charge in [0, 0.05) is 51.4 Å². The molecule has 3 aromatic rings. The van der Waals surface area contributed by atoms with E-state index in [2.05, 4.69) is 49.3 Å². The van der Waals surface area contributed by atoms with Gasteiger partial charge in [0.2, 0.25) is 5.89 Å². The topological polar surface area (TPSA) is 82.9 Å². The van der Waals surface area contributed by atoms with E-state index in [4.69, 9.17) is 8.94 Å². The highest BCUT2D eigenvalue weighted by Gasteiger charge is 2.21. The number of aliphatic imine (C=N–C) groups is 1. The zero-order valence-corrected chi connectivity index (χ0v) is 17.8. The van der Waals surface area contributed by atoms with Gasteiger partial charge in [-0.25, -0.2) is 4.98 Å². The minimum atomic E-state index is 0.497. The number of aromatic nitrogens is 2. The smallest absolute Gasteiger partial charge is 0.214 e. The highest BCUT2D eigenvalue weighted by Crippen LogP contribution is 2.20. The van der Waals surface area contributed by atoms with Gasteiger partial charge in [-0.1, -0.05) is 35.0 Å². The summed E-state index contributed by atoms with van der Waals surface area (Å²) in [5, 5.41) is 7.46. The van der Waals surface area contributed by atoms with Crippen molar-refractivity contribution in [3.05, 3.63) is 59.4 Å². The normalized spacial score (nSPS) is 15.6. The fourth-order valence-electron chi connectivity index (χ4n) is 3.57. The third-order valence-electron chi connectivity index (χ3n) is 5.23. The third kappa shape index (κ3) is 4.88. The van der Waals surface area contributed by atoms with Crippen LogP contribution in [0.2, 0.25) is 0 Å². The third-order valence-corrected chi connectivity index (χ3v) is 5.23. The van der Waals surface area contributed by atoms with Gasteiger partial charge in [-0.15, -0.1) is 0 Å². The molecule has 1 aliphatic rings. The van der Waals surface area contributed by atoms with Crippen LogP contribution in [0.15, 0.2) is 50.5 Å². The molecular formula is C22H28N6O2. The van der Waals surface area contributed by atoms with Gasteiger partial charge < -0.3 is 19.2 Å². The first-order valence-electron chi connectivity index (χ1n) is 10.2. The fraction of sp³-hybridized carbons (Fsp3) is 0.409. The van der Waals surface area contributed by atoms with E-state index in [9.17, 15) is 0 Å². The van der Waals surface area contributed by atoms with Crippen LogP contribution in [0.4, 0.5) is 0 Å². The van der Waals surface area contributed by atoms with Crippen LogP contribution in [-0.4, -0.2) is 59.1 Å². The van der Waals surface area contributed by atoms with Crippen LogP contribution in [0.3, 0.4) is 0 Å². The Balaban J connectivity index is 1.28. The number of oxazole rings is 1. The molecule has 1 aromatic carbocycles. The standard InChI is InChI=1S/C22H28N6O2/c1-16-4-6-18(7-5-16)20-13-24-21(29-20)14-25-22(23-3)28-10-8-27(9-11-28)15-19-12-17(2)30-26-19/h4-7,12-13H,8-11,14-15H2,1-3H3,(H,23,25). The highest BCUT2D eigenvalue weighted by molar-refractivity contribution is 5.79. The lowest BCUT2D eigenvalue weighted by molar-refractivity contribution is 0.168. The highest BCUT2D eigenvalue weighted by atomic mass is 16.5. The first-order chi connectivity index (χ1) is 14.6. The van der Waals surface area contributed by atoms with Crippen molar-refractivity contribution < 1.29 is 8.94 Å². The maximum atomic E-state index is 5.91. The minimum absolute atomic E-state index is 0.497. The Kier molecular flexibility index (Phi) is 6.13. The molecule has 0 radical (unpaired) electrons. The maximum Gasteiger partial charge on any atom is 0.214 e. The van der Waals surface area contributed by atoms with Crippen molar-refractivity contribution in [3.63, 3.8) is 0 Å². The molecule has 0 spiro atoms. The second-order valence-electron chi connectivity index (χ2n) is 7.58. The Morgan fingerprint density at radius 3 is 2.57 bits per heavy atom. The van der Waals surface area contributed by atoms with Crippen molar-refractivity contribution in [1.82, 2.24) is 25.3 Å². The molecule has 0 saturated carbocycles. The summed E-state index contributed by atoms with van der Waals surface area (Å²) in [7, 11) is 1.81. The predicted molar refractivity (Wildman–Crippen MR) is 115 cm³/mol. The number of piperazine rings is 1. The van der Waals surface area contributed by atoms with Gasteiger partial charge in [0.15, 0.2) is 11.7 Å². The van der Waals surface area contributed by atoms with E-state index in [1.807, 2.05) is 25.1 Å². The fourth-order valence-corrected chi connectivity index (χ4v) is 3.57. The summed E-state index contributed by atoms with van der Waals surface area (Å²) in [5.41, 5.74) is 3.24. The Hall–Kier alpha value is -3.13. The molecule has 0 atom stereocenters. The van der Waals surface area contributed by atoms with Crippen molar-refractivity contribution in [2.45, 2.75) is 26.9 Å². The molecule has 8 nitrogen and oxygen atoms in total. The summed E-state index contributed by atoms with van der Waals surface area (Å²) in [6.45, 7) is 8.99. The van der Waals surface area contributed by atoms with Crippen molar-refractivity contribution in [2.75, 3.05) is 33.2 Å². The molecule has 0 bridgehead atoms. The molecule has 4 rings (SSSR count). The number of guanidine groups is 1. The molecule has 2 aromatic heterocycles. The summed E-state index contributed by atoms with van der Waals surface area (Å²) in [5.74, 6) is 3.14. The number of benzene rings is 1. The summed E-state index contributed by atoms with van der Waals surface area (Å²) in [6, 6.07) is 10.2. The molecule has 3 heterocycles. The first-order valence-corrected chi connectivity index (χ1v) is 10.2. The van der Waals surface area contributed by atoms with Gasteiger partial charge in [-0.3, -0.25) is 9.89 Å². The molecule has 1 aliphatic heterocycles. The predicted octanol–water partition coefficient (Wildman–Crippen LogP) is 2.84. The Labute approximate surface area is 176 Å². The quantitative estimate of drug-likeness (QED) is 0.513. The first kappa shape index (κ1) is 20.2. The molecule has 30 heavy (non-hydrogen) atoms. The van der Waals surface area contributed by atoms with E-state index < -0.39 is 0 Å². The number of nitrogens with zero attached hydrogens (tertiary/aromatic N) is 5. The number of hydrogen-bond acceptors (Lipinski definition) is 6. The van der Waals surface area contributed by atoms with Crippen LogP contribution < -0.4 is 5.32 Å². The number of hydrogen-bond donors (Lipinski definition) is 1. The van der Waals surface area contributed by atoms with Crippen molar-refractivity contribution in [1.29, 1.82) is 0 Å². The van der Waals surface area contributed by atoms with Gasteiger partial charge in [-0.05, 0) is 13.8 Å². The monoisotopic (exact) mass is 408 g/mol. The minimum Gasteiger partial charge on any atom is -0.439 e. The average molecular weight is 409 g/mol. The summed E-state index contributed by atoms with van der Waals surface area (Å²) in [6.07, 6.45) is 1.77. The second kappa shape index (κ2) is 9.13. The lowest BCUT2D eigenvalue weighted by Crippen LogP contribution is -2.52. The molecule has 8 heteroatoms. The summed E-state index contributed by atoms with van der Waals surface area (Å²) >= 11 is 0. The Bertz CT molecular complexity index is 983. The van der Waals surface area contributed by atoms with Gasteiger partial charge in [0.1, 0.15) is 5.76 Å². The molecule has 1 N–H and O–H groups in total. The number of nitrogens with one attached hydrogen (secondary N) is 1. The molecule has 0 aliphatic carbocycles. The molecule has 1 fully saturated rings.